The van der Waals surface area contributed by atoms with Gasteiger partial charge in [-0.05, 0) is 12.8 Å². The Morgan fingerprint density at radius 1 is 0.789 bits per heavy atom. The standard InChI is InChI=1S/C19H30/c1-3-5-7-9-11-13-15-17-19-18-16-14-12-10-8-6-4-2/h3,5,7,17,19H,1,4,6,8-10,12,14-16,18H2,2H3/b7-5-,19-17-. The van der Waals surface area contributed by atoms with E-state index in [0.29, 0.717) is 0 Å². The first-order chi connectivity index (χ1) is 9.41. The van der Waals surface area contributed by atoms with Crippen molar-refractivity contribution in [2.75, 3.05) is 0 Å². The molecule has 0 nitrogen and oxygen atoms in total. The molecule has 0 unspecified atom stereocenters. The highest BCUT2D eigenvalue weighted by Crippen LogP contribution is 2.08. The van der Waals surface area contributed by atoms with Gasteiger partial charge in [-0.15, -0.1) is 0 Å². The molecule has 0 aromatic heterocycles. The molecule has 0 bridgehead atoms. The van der Waals surface area contributed by atoms with Crippen LogP contribution in [0.1, 0.15) is 71.1 Å². The summed E-state index contributed by atoms with van der Waals surface area (Å²) in [6, 6.07) is 0. The van der Waals surface area contributed by atoms with Gasteiger partial charge in [-0.1, -0.05) is 94.2 Å². The van der Waals surface area contributed by atoms with Crippen molar-refractivity contribution in [2.24, 2.45) is 0 Å². The number of hydrogen-bond donors (Lipinski definition) is 0. The highest BCUT2D eigenvalue weighted by molar-refractivity contribution is 5.10. The summed E-state index contributed by atoms with van der Waals surface area (Å²) in [5, 5.41) is 0. The van der Waals surface area contributed by atoms with Gasteiger partial charge in [0.2, 0.25) is 0 Å². The molecule has 19 heavy (non-hydrogen) atoms. The number of hydrogen-bond acceptors (Lipinski definition) is 0. The zero-order valence-electron chi connectivity index (χ0n) is 12.7. The average molecular weight is 258 g/mol. The van der Waals surface area contributed by atoms with Crippen LogP contribution in [0.25, 0.3) is 0 Å². The molecule has 0 saturated carbocycles. The molecule has 0 aliphatic heterocycles. The Labute approximate surface area is 120 Å². The van der Waals surface area contributed by atoms with Gasteiger partial charge in [0.15, 0.2) is 0 Å². The topological polar surface area (TPSA) is 0 Å². The van der Waals surface area contributed by atoms with Gasteiger partial charge in [0, 0.05) is 12.8 Å². The molecule has 0 aromatic rings. The van der Waals surface area contributed by atoms with E-state index in [0.717, 1.165) is 12.8 Å². The molecular formula is C19H30. The summed E-state index contributed by atoms with van der Waals surface area (Å²) in [6.45, 7) is 5.89. The molecule has 0 saturated heterocycles. The van der Waals surface area contributed by atoms with E-state index >= 15 is 0 Å². The minimum Gasteiger partial charge on any atom is -0.0991 e. The lowest BCUT2D eigenvalue weighted by Crippen LogP contribution is -1.78. The maximum atomic E-state index is 3.62. The van der Waals surface area contributed by atoms with E-state index in [1.807, 2.05) is 12.2 Å². The second-order valence-corrected chi connectivity index (χ2v) is 4.81. The van der Waals surface area contributed by atoms with E-state index in [1.165, 1.54) is 51.4 Å². The summed E-state index contributed by atoms with van der Waals surface area (Å²) >= 11 is 0. The molecule has 0 aliphatic rings. The van der Waals surface area contributed by atoms with Crippen molar-refractivity contribution < 1.29 is 0 Å². The van der Waals surface area contributed by atoms with Crippen molar-refractivity contribution in [3.8, 4) is 11.8 Å². The lowest BCUT2D eigenvalue weighted by molar-refractivity contribution is 0.592. The maximum Gasteiger partial charge on any atom is 0.0272 e. The van der Waals surface area contributed by atoms with E-state index in [4.69, 9.17) is 0 Å². The van der Waals surface area contributed by atoms with Gasteiger partial charge >= 0.3 is 0 Å². The molecule has 0 aromatic carbocycles. The fourth-order valence-corrected chi connectivity index (χ4v) is 1.85. The fraction of sp³-hybridized carbons (Fsp3) is 0.579. The molecule has 106 valence electrons. The lowest BCUT2D eigenvalue weighted by Gasteiger charge is -1.98. The SMILES string of the molecule is C=C/C=C\CC#CC/C=C\CCCCCCCCC. The van der Waals surface area contributed by atoms with Gasteiger partial charge in [-0.2, -0.15) is 0 Å². The molecule has 0 aliphatic carbocycles. The number of rotatable bonds is 11. The first kappa shape index (κ1) is 17.8. The molecule has 0 atom stereocenters. The smallest absolute Gasteiger partial charge is 0.0272 e. The van der Waals surface area contributed by atoms with Crippen molar-refractivity contribution in [1.29, 1.82) is 0 Å². The Morgan fingerprint density at radius 3 is 2.11 bits per heavy atom. The van der Waals surface area contributed by atoms with Crippen LogP contribution in [0.5, 0.6) is 0 Å². The van der Waals surface area contributed by atoms with Crippen LogP contribution < -0.4 is 0 Å². The van der Waals surface area contributed by atoms with Crippen molar-refractivity contribution >= 4 is 0 Å². The van der Waals surface area contributed by atoms with Crippen LogP contribution in [-0.2, 0) is 0 Å². The predicted octanol–water partition coefficient (Wildman–Crippen LogP) is 6.21. The van der Waals surface area contributed by atoms with Gasteiger partial charge in [0.25, 0.3) is 0 Å². The molecule has 0 heterocycles. The third-order valence-corrected chi connectivity index (χ3v) is 2.98. The Kier molecular flexibility index (Phi) is 15.7. The Bertz CT molecular complexity index is 296. The number of unbranched alkanes of at least 4 members (excludes halogenated alkanes) is 7. The summed E-state index contributed by atoms with van der Waals surface area (Å²) < 4.78 is 0. The van der Waals surface area contributed by atoms with E-state index < -0.39 is 0 Å². The Balaban J connectivity index is 3.25. The van der Waals surface area contributed by atoms with E-state index in [2.05, 4.69) is 37.5 Å². The molecule has 0 amide bonds. The van der Waals surface area contributed by atoms with Crippen LogP contribution in [0.3, 0.4) is 0 Å². The van der Waals surface area contributed by atoms with Crippen LogP contribution >= 0.6 is 0 Å². The summed E-state index contributed by atoms with van der Waals surface area (Å²) in [4.78, 5) is 0. The van der Waals surface area contributed by atoms with Crippen molar-refractivity contribution in [1.82, 2.24) is 0 Å². The summed E-state index contributed by atoms with van der Waals surface area (Å²) in [5.74, 6) is 6.26. The third kappa shape index (κ3) is 16.8. The Morgan fingerprint density at radius 2 is 1.42 bits per heavy atom. The minimum absolute atomic E-state index is 0.831. The average Bonchev–Trinajstić information content (AvgIpc) is 2.43. The monoisotopic (exact) mass is 258 g/mol. The highest BCUT2D eigenvalue weighted by Gasteiger charge is 1.88. The highest BCUT2D eigenvalue weighted by atomic mass is 13.9. The second-order valence-electron chi connectivity index (χ2n) is 4.81. The molecule has 0 N–H and O–H groups in total. The van der Waals surface area contributed by atoms with Gasteiger partial charge in [0.1, 0.15) is 0 Å². The van der Waals surface area contributed by atoms with Gasteiger partial charge in [-0.25, -0.2) is 0 Å². The van der Waals surface area contributed by atoms with Crippen LogP contribution in [0.4, 0.5) is 0 Å². The van der Waals surface area contributed by atoms with Crippen LogP contribution in [0.15, 0.2) is 37.0 Å². The molecule has 0 heteroatoms. The number of allylic oxidation sites excluding steroid dienone is 5. The third-order valence-electron chi connectivity index (χ3n) is 2.98. The largest absolute Gasteiger partial charge is 0.0991 e. The quantitative estimate of drug-likeness (QED) is 0.179. The van der Waals surface area contributed by atoms with Crippen LogP contribution in [0, 0.1) is 11.8 Å². The minimum atomic E-state index is 0.831. The summed E-state index contributed by atoms with van der Waals surface area (Å²) in [5.41, 5.74) is 0. The first-order valence-corrected chi connectivity index (χ1v) is 7.80. The van der Waals surface area contributed by atoms with E-state index in [9.17, 15) is 0 Å². The summed E-state index contributed by atoms with van der Waals surface area (Å²) in [6.07, 6.45) is 22.9. The van der Waals surface area contributed by atoms with Crippen molar-refractivity contribution in [3.05, 3.63) is 37.0 Å². The fourth-order valence-electron chi connectivity index (χ4n) is 1.85. The van der Waals surface area contributed by atoms with E-state index in [-0.39, 0.29) is 0 Å². The molecule has 0 fully saturated rings. The predicted molar refractivity (Wildman–Crippen MR) is 88.1 cm³/mol. The molecule has 0 radical (unpaired) electrons. The van der Waals surface area contributed by atoms with Crippen molar-refractivity contribution in [3.63, 3.8) is 0 Å². The molecule has 0 spiro atoms. The molecule has 0 rings (SSSR count). The molecular weight excluding hydrogens is 228 g/mol. The lowest BCUT2D eigenvalue weighted by atomic mass is 10.1. The zero-order valence-corrected chi connectivity index (χ0v) is 12.7. The van der Waals surface area contributed by atoms with Gasteiger partial charge in [-0.3, -0.25) is 0 Å². The maximum absolute atomic E-state index is 3.62. The second kappa shape index (κ2) is 16.8. The van der Waals surface area contributed by atoms with Gasteiger partial charge < -0.3 is 0 Å². The Hall–Kier alpha value is -1.22. The first-order valence-electron chi connectivity index (χ1n) is 7.80. The van der Waals surface area contributed by atoms with Crippen molar-refractivity contribution in [2.45, 2.75) is 71.1 Å². The normalized spacial score (nSPS) is 10.8. The summed E-state index contributed by atoms with van der Waals surface area (Å²) in [7, 11) is 0. The zero-order chi connectivity index (χ0) is 14.0. The van der Waals surface area contributed by atoms with Gasteiger partial charge in [0.05, 0.1) is 0 Å². The van der Waals surface area contributed by atoms with Crippen LogP contribution in [-0.4, -0.2) is 0 Å². The van der Waals surface area contributed by atoms with E-state index in [1.54, 1.807) is 6.08 Å². The van der Waals surface area contributed by atoms with Crippen LogP contribution in [0.2, 0.25) is 0 Å².